The second kappa shape index (κ2) is 7.32. The molecule has 0 aromatic heterocycles. The van der Waals surface area contributed by atoms with Crippen LogP contribution in [0.1, 0.15) is 59.1 Å². The number of benzene rings is 1. The van der Waals surface area contributed by atoms with E-state index < -0.39 is 16.1 Å². The summed E-state index contributed by atoms with van der Waals surface area (Å²) in [5.41, 5.74) is 2.76. The van der Waals surface area contributed by atoms with E-state index in [9.17, 15) is 0 Å². The van der Waals surface area contributed by atoms with Gasteiger partial charge in [0.2, 0.25) is 0 Å². The lowest BCUT2D eigenvalue weighted by molar-refractivity contribution is 0.400. The SMILES string of the molecule is COc1c(C(C)(C)C)cc(C)cc1[Si](C)(C)C1=C([Si](C)(C)C(C)(C)C)C=CC1. The van der Waals surface area contributed by atoms with Crippen LogP contribution in [0.25, 0.3) is 0 Å². The van der Waals surface area contributed by atoms with E-state index in [1.165, 1.54) is 16.3 Å². The quantitative estimate of drug-likeness (QED) is 0.479. The van der Waals surface area contributed by atoms with Crippen LogP contribution in [0, 0.1) is 6.92 Å². The van der Waals surface area contributed by atoms with Crippen molar-refractivity contribution in [2.75, 3.05) is 7.11 Å². The molecule has 2 rings (SSSR count). The standard InChI is InChI=1S/C25H42OSi2/c1-18-16-19(24(2,3)4)23(26-8)22(17-18)27(9,10)20-14-13-15-21(20)28(11,12)25(5,6)7/h13,15-17H,14H2,1-12H3. The van der Waals surface area contributed by atoms with E-state index in [2.05, 4.69) is 98.9 Å². The Morgan fingerprint density at radius 3 is 1.96 bits per heavy atom. The fourth-order valence-corrected chi connectivity index (χ4v) is 11.4. The molecule has 0 heterocycles. The number of hydrogen-bond donors (Lipinski definition) is 0. The van der Waals surface area contributed by atoms with Crippen LogP contribution >= 0.6 is 0 Å². The van der Waals surface area contributed by atoms with Crippen LogP contribution in [0.2, 0.25) is 31.2 Å². The van der Waals surface area contributed by atoms with E-state index in [-0.39, 0.29) is 5.41 Å². The van der Waals surface area contributed by atoms with Gasteiger partial charge >= 0.3 is 0 Å². The van der Waals surface area contributed by atoms with Gasteiger partial charge in [0.25, 0.3) is 0 Å². The van der Waals surface area contributed by atoms with Crippen molar-refractivity contribution in [2.45, 2.75) is 91.5 Å². The first-order valence-electron chi connectivity index (χ1n) is 10.7. The summed E-state index contributed by atoms with van der Waals surface area (Å²) in [5, 5.41) is 5.23. The molecule has 156 valence electrons. The Hall–Kier alpha value is -1.07. The molecule has 28 heavy (non-hydrogen) atoms. The molecule has 1 aliphatic rings. The topological polar surface area (TPSA) is 9.23 Å². The summed E-state index contributed by atoms with van der Waals surface area (Å²) in [6, 6.07) is 4.73. The molecular weight excluding hydrogens is 372 g/mol. The van der Waals surface area contributed by atoms with Gasteiger partial charge in [-0.25, -0.2) is 0 Å². The summed E-state index contributed by atoms with van der Waals surface area (Å²) in [6.07, 6.45) is 5.99. The number of ether oxygens (including phenoxy) is 1. The molecule has 0 atom stereocenters. The van der Waals surface area contributed by atoms with E-state index >= 15 is 0 Å². The number of hydrogen-bond acceptors (Lipinski definition) is 1. The van der Waals surface area contributed by atoms with Crippen LogP contribution in [-0.2, 0) is 5.41 Å². The maximum absolute atomic E-state index is 6.10. The highest BCUT2D eigenvalue weighted by molar-refractivity contribution is 6.99. The molecule has 1 aromatic carbocycles. The van der Waals surface area contributed by atoms with Crippen molar-refractivity contribution < 1.29 is 4.74 Å². The highest BCUT2D eigenvalue weighted by atomic mass is 28.3. The lowest BCUT2D eigenvalue weighted by Gasteiger charge is -2.41. The van der Waals surface area contributed by atoms with Gasteiger partial charge in [-0.05, 0) is 34.5 Å². The normalized spacial score (nSPS) is 16.1. The molecule has 0 bridgehead atoms. The zero-order valence-corrected chi connectivity index (χ0v) is 22.4. The second-order valence-corrected chi connectivity index (χ2v) is 21.3. The maximum Gasteiger partial charge on any atom is 0.122 e. The van der Waals surface area contributed by atoms with Crippen LogP contribution in [0.15, 0.2) is 34.7 Å². The van der Waals surface area contributed by atoms with E-state index in [1.807, 2.05) is 7.11 Å². The highest BCUT2D eigenvalue weighted by Gasteiger charge is 2.44. The van der Waals surface area contributed by atoms with Crippen LogP contribution in [0.4, 0.5) is 0 Å². The van der Waals surface area contributed by atoms with Gasteiger partial charge in [0, 0.05) is 0 Å². The molecule has 0 saturated heterocycles. The van der Waals surface area contributed by atoms with Gasteiger partial charge < -0.3 is 4.74 Å². The molecule has 1 aliphatic carbocycles. The minimum atomic E-state index is -1.88. The molecule has 3 heteroatoms. The Kier molecular flexibility index (Phi) is 6.07. The van der Waals surface area contributed by atoms with Gasteiger partial charge in [-0.3, -0.25) is 0 Å². The molecule has 0 spiro atoms. The largest absolute Gasteiger partial charge is 0.497 e. The fraction of sp³-hybridized carbons (Fsp3) is 0.600. The molecule has 0 radical (unpaired) electrons. The molecule has 0 fully saturated rings. The lowest BCUT2D eigenvalue weighted by Crippen LogP contribution is -2.48. The average molecular weight is 415 g/mol. The van der Waals surface area contributed by atoms with Gasteiger partial charge in [0.15, 0.2) is 0 Å². The zero-order chi connectivity index (χ0) is 21.7. The van der Waals surface area contributed by atoms with Gasteiger partial charge in [0.1, 0.15) is 13.8 Å². The minimum Gasteiger partial charge on any atom is -0.497 e. The minimum absolute atomic E-state index is 0.0706. The predicted octanol–water partition coefficient (Wildman–Crippen LogP) is 7.06. The predicted molar refractivity (Wildman–Crippen MR) is 132 cm³/mol. The first-order valence-corrected chi connectivity index (χ1v) is 16.7. The van der Waals surface area contributed by atoms with Crippen molar-refractivity contribution in [3.8, 4) is 5.75 Å². The van der Waals surface area contributed by atoms with Crippen molar-refractivity contribution >= 4 is 21.3 Å². The number of rotatable bonds is 4. The fourth-order valence-electron chi connectivity index (χ4n) is 4.26. The molecule has 0 N–H and O–H groups in total. The van der Waals surface area contributed by atoms with Crippen LogP contribution in [0.3, 0.4) is 0 Å². The third-order valence-electron chi connectivity index (χ3n) is 7.15. The summed E-state index contributed by atoms with van der Waals surface area (Å²) in [5.74, 6) is 1.13. The zero-order valence-electron chi connectivity index (χ0n) is 20.4. The second-order valence-electron chi connectivity index (χ2n) is 11.6. The summed E-state index contributed by atoms with van der Waals surface area (Å²) in [4.78, 5) is 0. The Morgan fingerprint density at radius 2 is 1.50 bits per heavy atom. The Labute approximate surface area is 176 Å². The van der Waals surface area contributed by atoms with Gasteiger partial charge in [-0.2, -0.15) is 0 Å². The van der Waals surface area contributed by atoms with Crippen molar-refractivity contribution in [1.29, 1.82) is 0 Å². The summed E-state index contributed by atoms with van der Waals surface area (Å²) in [6.45, 7) is 26.6. The van der Waals surface area contributed by atoms with Crippen molar-refractivity contribution in [3.63, 3.8) is 0 Å². The van der Waals surface area contributed by atoms with E-state index in [1.54, 1.807) is 10.4 Å². The van der Waals surface area contributed by atoms with Gasteiger partial charge in [0.05, 0.1) is 15.2 Å². The Bertz CT molecular complexity index is 812. The van der Waals surface area contributed by atoms with Gasteiger partial charge in [-0.1, -0.05) is 108 Å². The third-order valence-corrected chi connectivity index (χ3v) is 16.7. The summed E-state index contributed by atoms with van der Waals surface area (Å²) in [7, 11) is -1.61. The first kappa shape index (κ1) is 23.2. The molecule has 1 aromatic rings. The van der Waals surface area contributed by atoms with Crippen LogP contribution in [0.5, 0.6) is 5.75 Å². The molecule has 0 aliphatic heterocycles. The monoisotopic (exact) mass is 414 g/mol. The average Bonchev–Trinajstić information content (AvgIpc) is 3.03. The van der Waals surface area contributed by atoms with Crippen molar-refractivity contribution in [2.24, 2.45) is 0 Å². The number of allylic oxidation sites excluding steroid dienone is 4. The third kappa shape index (κ3) is 3.98. The molecule has 0 unspecified atom stereocenters. The Morgan fingerprint density at radius 1 is 0.929 bits per heavy atom. The van der Waals surface area contributed by atoms with Gasteiger partial charge in [-0.15, -0.1) is 0 Å². The number of aryl methyl sites for hydroxylation is 1. The molecule has 0 saturated carbocycles. The first-order chi connectivity index (χ1) is 12.5. The molecule has 0 amide bonds. The number of methoxy groups -OCH3 is 1. The van der Waals surface area contributed by atoms with E-state index in [0.717, 1.165) is 12.2 Å². The molecule has 1 nitrogen and oxygen atoms in total. The van der Waals surface area contributed by atoms with Crippen molar-refractivity contribution in [3.05, 3.63) is 45.8 Å². The van der Waals surface area contributed by atoms with E-state index in [0.29, 0.717) is 5.04 Å². The Balaban J connectivity index is 2.78. The smallest absolute Gasteiger partial charge is 0.122 e. The summed E-state index contributed by atoms with van der Waals surface area (Å²) < 4.78 is 6.10. The van der Waals surface area contributed by atoms with Crippen molar-refractivity contribution in [1.82, 2.24) is 0 Å². The van der Waals surface area contributed by atoms with Crippen LogP contribution in [-0.4, -0.2) is 23.3 Å². The summed E-state index contributed by atoms with van der Waals surface area (Å²) >= 11 is 0. The van der Waals surface area contributed by atoms with E-state index in [4.69, 9.17) is 4.74 Å². The maximum atomic E-state index is 6.10. The highest BCUT2D eigenvalue weighted by Crippen LogP contribution is 2.46. The molecular formula is C25H42OSi2. The lowest BCUT2D eigenvalue weighted by atomic mass is 9.85. The van der Waals surface area contributed by atoms with Crippen LogP contribution < -0.4 is 9.92 Å².